The molecular formula is C12H25NO3S. The summed E-state index contributed by atoms with van der Waals surface area (Å²) < 4.78 is 28.9. The van der Waals surface area contributed by atoms with Gasteiger partial charge in [0.1, 0.15) is 0 Å². The normalized spacial score (nSPS) is 27.1. The molecule has 1 N–H and O–H groups in total. The van der Waals surface area contributed by atoms with Gasteiger partial charge in [0.2, 0.25) is 0 Å². The zero-order valence-corrected chi connectivity index (χ0v) is 12.2. The van der Waals surface area contributed by atoms with E-state index in [1.165, 1.54) is 0 Å². The fourth-order valence-corrected chi connectivity index (χ4v) is 2.77. The van der Waals surface area contributed by atoms with Crippen molar-refractivity contribution in [3.8, 4) is 0 Å². The Morgan fingerprint density at radius 2 is 2.00 bits per heavy atom. The molecule has 1 saturated heterocycles. The summed E-state index contributed by atoms with van der Waals surface area (Å²) in [5, 5.41) is 3.28. The van der Waals surface area contributed by atoms with Crippen molar-refractivity contribution in [2.45, 2.75) is 50.9 Å². The standard InChI is InChI=1S/C12H25NO3S/c1-11(2,3)17(14,15)9-8-16-12(4)6-5-7-13-10-12/h13H,5-10H2,1-4H3. The molecule has 0 aliphatic carbocycles. The molecular weight excluding hydrogens is 238 g/mol. The van der Waals surface area contributed by atoms with Crippen molar-refractivity contribution in [2.75, 3.05) is 25.4 Å². The van der Waals surface area contributed by atoms with E-state index < -0.39 is 14.6 Å². The van der Waals surface area contributed by atoms with Crippen LogP contribution >= 0.6 is 0 Å². The summed E-state index contributed by atoms with van der Waals surface area (Å²) in [5.41, 5.74) is -0.203. The Labute approximate surface area is 105 Å². The molecule has 1 rings (SSSR count). The second-order valence-corrected chi connectivity index (χ2v) is 8.87. The molecule has 1 fully saturated rings. The van der Waals surface area contributed by atoms with Crippen molar-refractivity contribution in [3.63, 3.8) is 0 Å². The molecule has 0 amide bonds. The molecule has 1 aliphatic rings. The van der Waals surface area contributed by atoms with Crippen LogP contribution in [0.2, 0.25) is 0 Å². The summed E-state index contributed by atoms with van der Waals surface area (Å²) in [6.45, 7) is 9.35. The number of nitrogens with one attached hydrogen (secondary N) is 1. The second-order valence-electron chi connectivity index (χ2n) is 6.01. The van der Waals surface area contributed by atoms with Gasteiger partial charge in [-0.25, -0.2) is 8.42 Å². The van der Waals surface area contributed by atoms with E-state index in [4.69, 9.17) is 4.74 Å². The molecule has 0 saturated carbocycles. The van der Waals surface area contributed by atoms with Crippen molar-refractivity contribution in [1.29, 1.82) is 0 Å². The molecule has 5 heteroatoms. The van der Waals surface area contributed by atoms with Crippen LogP contribution in [0.5, 0.6) is 0 Å². The van der Waals surface area contributed by atoms with Crippen molar-refractivity contribution < 1.29 is 13.2 Å². The molecule has 17 heavy (non-hydrogen) atoms. The predicted octanol–water partition coefficient (Wildman–Crippen LogP) is 1.36. The van der Waals surface area contributed by atoms with Gasteiger partial charge in [-0.15, -0.1) is 0 Å². The number of sulfone groups is 1. The first-order valence-corrected chi connectivity index (χ1v) is 7.89. The van der Waals surface area contributed by atoms with Gasteiger partial charge in [0, 0.05) is 6.54 Å². The first kappa shape index (κ1) is 14.9. The summed E-state index contributed by atoms with van der Waals surface area (Å²) in [6.07, 6.45) is 2.08. The second kappa shape index (κ2) is 5.24. The largest absolute Gasteiger partial charge is 0.373 e. The Kier molecular flexibility index (Phi) is 4.60. The summed E-state index contributed by atoms with van der Waals surface area (Å²) in [4.78, 5) is 0. The van der Waals surface area contributed by atoms with E-state index in [9.17, 15) is 8.42 Å². The van der Waals surface area contributed by atoms with E-state index in [2.05, 4.69) is 5.32 Å². The maximum Gasteiger partial charge on any atom is 0.157 e. The highest BCUT2D eigenvalue weighted by molar-refractivity contribution is 7.92. The van der Waals surface area contributed by atoms with Gasteiger partial charge in [-0.1, -0.05) is 0 Å². The topological polar surface area (TPSA) is 55.4 Å². The monoisotopic (exact) mass is 263 g/mol. The van der Waals surface area contributed by atoms with E-state index in [1.54, 1.807) is 20.8 Å². The van der Waals surface area contributed by atoms with Crippen LogP contribution in [0, 0.1) is 0 Å². The van der Waals surface area contributed by atoms with Crippen LogP contribution in [0.25, 0.3) is 0 Å². The van der Waals surface area contributed by atoms with Crippen LogP contribution < -0.4 is 5.32 Å². The maximum atomic E-state index is 11.9. The molecule has 1 unspecified atom stereocenters. The lowest BCUT2D eigenvalue weighted by molar-refractivity contribution is -0.0392. The summed E-state index contributed by atoms with van der Waals surface area (Å²) in [5.74, 6) is 0.103. The molecule has 1 aliphatic heterocycles. The molecule has 4 nitrogen and oxygen atoms in total. The SMILES string of the molecule is CC1(OCCS(=O)(=O)C(C)(C)C)CCCNC1. The minimum absolute atomic E-state index is 0.103. The number of hydrogen-bond donors (Lipinski definition) is 1. The smallest absolute Gasteiger partial charge is 0.157 e. The van der Waals surface area contributed by atoms with E-state index in [-0.39, 0.29) is 18.0 Å². The Bertz CT molecular complexity index is 337. The van der Waals surface area contributed by atoms with Crippen molar-refractivity contribution >= 4 is 9.84 Å². The zero-order valence-electron chi connectivity index (χ0n) is 11.4. The van der Waals surface area contributed by atoms with Crippen molar-refractivity contribution in [2.24, 2.45) is 0 Å². The van der Waals surface area contributed by atoms with Gasteiger partial charge >= 0.3 is 0 Å². The molecule has 1 heterocycles. The molecule has 0 aromatic rings. The van der Waals surface area contributed by atoms with Crippen LogP contribution in [0.1, 0.15) is 40.5 Å². The number of piperidine rings is 1. The van der Waals surface area contributed by atoms with E-state index in [0.717, 1.165) is 25.9 Å². The Balaban J connectivity index is 2.42. The van der Waals surface area contributed by atoms with Gasteiger partial charge in [0.15, 0.2) is 9.84 Å². The third kappa shape index (κ3) is 4.23. The minimum Gasteiger partial charge on any atom is -0.373 e. The van der Waals surface area contributed by atoms with Crippen LogP contribution in [0.15, 0.2) is 0 Å². The number of rotatable bonds is 4. The molecule has 1 atom stereocenters. The third-order valence-corrected chi connectivity index (χ3v) is 5.86. The van der Waals surface area contributed by atoms with Gasteiger partial charge in [0.05, 0.1) is 22.7 Å². The van der Waals surface area contributed by atoms with Crippen molar-refractivity contribution in [3.05, 3.63) is 0 Å². The highest BCUT2D eigenvalue weighted by Gasteiger charge is 2.31. The van der Waals surface area contributed by atoms with Gasteiger partial charge in [-0.2, -0.15) is 0 Å². The zero-order chi connectivity index (χ0) is 13.2. The molecule has 0 aromatic carbocycles. The lowest BCUT2D eigenvalue weighted by Gasteiger charge is -2.34. The molecule has 0 aromatic heterocycles. The van der Waals surface area contributed by atoms with Crippen molar-refractivity contribution in [1.82, 2.24) is 5.32 Å². The Morgan fingerprint density at radius 1 is 1.35 bits per heavy atom. The number of hydrogen-bond acceptors (Lipinski definition) is 4. The highest BCUT2D eigenvalue weighted by atomic mass is 32.2. The van der Waals surface area contributed by atoms with Gasteiger partial charge in [0.25, 0.3) is 0 Å². The lowest BCUT2D eigenvalue weighted by atomic mass is 9.96. The third-order valence-electron chi connectivity index (χ3n) is 3.29. The fraction of sp³-hybridized carbons (Fsp3) is 1.00. The summed E-state index contributed by atoms with van der Waals surface area (Å²) >= 11 is 0. The van der Waals surface area contributed by atoms with E-state index in [0.29, 0.717) is 0 Å². The van der Waals surface area contributed by atoms with Crippen LogP contribution in [-0.4, -0.2) is 44.2 Å². The molecule has 102 valence electrons. The van der Waals surface area contributed by atoms with E-state index >= 15 is 0 Å². The first-order chi connectivity index (χ1) is 7.66. The first-order valence-electron chi connectivity index (χ1n) is 6.23. The highest BCUT2D eigenvalue weighted by Crippen LogP contribution is 2.21. The van der Waals surface area contributed by atoms with Crippen LogP contribution in [-0.2, 0) is 14.6 Å². The van der Waals surface area contributed by atoms with Gasteiger partial charge in [-0.05, 0) is 47.1 Å². The average Bonchev–Trinajstić information content (AvgIpc) is 2.16. The lowest BCUT2D eigenvalue weighted by Crippen LogP contribution is -2.46. The van der Waals surface area contributed by atoms with E-state index in [1.807, 2.05) is 6.92 Å². The maximum absolute atomic E-state index is 11.9. The van der Waals surface area contributed by atoms with Gasteiger partial charge in [-0.3, -0.25) is 0 Å². The average molecular weight is 263 g/mol. The molecule has 0 spiro atoms. The van der Waals surface area contributed by atoms with Crippen LogP contribution in [0.3, 0.4) is 0 Å². The quantitative estimate of drug-likeness (QED) is 0.832. The van der Waals surface area contributed by atoms with Crippen LogP contribution in [0.4, 0.5) is 0 Å². The molecule has 0 radical (unpaired) electrons. The Hall–Kier alpha value is -0.130. The Morgan fingerprint density at radius 3 is 2.47 bits per heavy atom. The predicted molar refractivity (Wildman–Crippen MR) is 70.0 cm³/mol. The summed E-state index contributed by atoms with van der Waals surface area (Å²) in [6, 6.07) is 0. The molecule has 0 bridgehead atoms. The fourth-order valence-electron chi connectivity index (χ4n) is 1.86. The van der Waals surface area contributed by atoms with Gasteiger partial charge < -0.3 is 10.1 Å². The number of ether oxygens (including phenoxy) is 1. The summed E-state index contributed by atoms with van der Waals surface area (Å²) in [7, 11) is -3.07. The minimum atomic E-state index is -3.07.